The summed E-state index contributed by atoms with van der Waals surface area (Å²) in [6.07, 6.45) is -0.235. The van der Waals surface area contributed by atoms with Crippen molar-refractivity contribution in [2.24, 2.45) is 5.41 Å². The Labute approximate surface area is 87.2 Å². The van der Waals surface area contributed by atoms with Gasteiger partial charge in [0.05, 0.1) is 19.3 Å². The molecule has 0 aromatic heterocycles. The average molecular weight is 198 g/mol. The van der Waals surface area contributed by atoms with Gasteiger partial charge in [-0.25, -0.2) is 0 Å². The molecule has 1 saturated heterocycles. The van der Waals surface area contributed by atoms with Crippen molar-refractivity contribution in [3.63, 3.8) is 0 Å². The summed E-state index contributed by atoms with van der Waals surface area (Å²) >= 11 is 0. The molecule has 1 aliphatic heterocycles. The van der Waals surface area contributed by atoms with E-state index in [2.05, 4.69) is 20.8 Å². The lowest BCUT2D eigenvalue weighted by atomic mass is 9.96. The molecule has 0 amide bonds. The lowest BCUT2D eigenvalue weighted by Gasteiger charge is -2.21. The topological polar surface area (TPSA) is 38.7 Å². The largest absolute Gasteiger partial charge is 0.390 e. The zero-order chi connectivity index (χ0) is 10.8. The van der Waals surface area contributed by atoms with Gasteiger partial charge in [0.25, 0.3) is 0 Å². The monoisotopic (exact) mass is 198 g/mol. The zero-order valence-electron chi connectivity index (χ0n) is 9.19. The van der Waals surface area contributed by atoms with Gasteiger partial charge in [-0.05, 0) is 11.8 Å². The van der Waals surface area contributed by atoms with Gasteiger partial charge in [-0.15, -0.1) is 0 Å². The van der Waals surface area contributed by atoms with Crippen LogP contribution in [-0.4, -0.2) is 44.4 Å². The van der Waals surface area contributed by atoms with Crippen LogP contribution >= 0.6 is 0 Å². The number of hydrogen-bond acceptors (Lipinski definition) is 3. The number of rotatable bonds is 3. The van der Waals surface area contributed by atoms with Gasteiger partial charge in [0, 0.05) is 6.00 Å². The SMILES string of the molecule is [B]C1CC(O)C(COCC(C)(C)C)O1. The van der Waals surface area contributed by atoms with Crippen LogP contribution in [0.2, 0.25) is 0 Å². The Balaban J connectivity index is 2.19. The zero-order valence-corrected chi connectivity index (χ0v) is 9.19. The molecule has 0 saturated carbocycles. The van der Waals surface area contributed by atoms with E-state index in [1.807, 2.05) is 0 Å². The van der Waals surface area contributed by atoms with E-state index < -0.39 is 6.10 Å². The standard InChI is InChI=1S/C10H19BO3/c1-10(2,3)6-13-5-8-7(12)4-9(11)14-8/h7-9,12H,4-6H2,1-3H3. The second kappa shape index (κ2) is 4.64. The van der Waals surface area contributed by atoms with Crippen LogP contribution in [0.15, 0.2) is 0 Å². The summed E-state index contributed by atoms with van der Waals surface area (Å²) in [5.41, 5.74) is 0.145. The van der Waals surface area contributed by atoms with Crippen molar-refractivity contribution in [1.29, 1.82) is 0 Å². The molecule has 3 unspecified atom stereocenters. The predicted molar refractivity (Wildman–Crippen MR) is 55.3 cm³/mol. The van der Waals surface area contributed by atoms with Crippen molar-refractivity contribution in [1.82, 2.24) is 0 Å². The molecule has 80 valence electrons. The number of aliphatic hydroxyl groups is 1. The van der Waals surface area contributed by atoms with Crippen molar-refractivity contribution in [3.8, 4) is 0 Å². The molecule has 0 aliphatic carbocycles. The van der Waals surface area contributed by atoms with E-state index in [9.17, 15) is 5.11 Å². The van der Waals surface area contributed by atoms with E-state index in [-0.39, 0.29) is 17.5 Å². The van der Waals surface area contributed by atoms with Gasteiger partial charge in [0.15, 0.2) is 0 Å². The van der Waals surface area contributed by atoms with Crippen molar-refractivity contribution in [2.45, 2.75) is 45.4 Å². The van der Waals surface area contributed by atoms with Crippen LogP contribution in [-0.2, 0) is 9.47 Å². The maximum atomic E-state index is 9.50. The summed E-state index contributed by atoms with van der Waals surface area (Å²) in [5.74, 6) is 0. The van der Waals surface area contributed by atoms with Gasteiger partial charge >= 0.3 is 0 Å². The Morgan fingerprint density at radius 2 is 2.14 bits per heavy atom. The molecule has 1 heterocycles. The van der Waals surface area contributed by atoms with Gasteiger partial charge in [-0.1, -0.05) is 20.8 Å². The fourth-order valence-corrected chi connectivity index (χ4v) is 1.39. The highest BCUT2D eigenvalue weighted by Gasteiger charge is 2.31. The van der Waals surface area contributed by atoms with E-state index in [0.717, 1.165) is 0 Å². The first-order valence-electron chi connectivity index (χ1n) is 5.05. The third-order valence-corrected chi connectivity index (χ3v) is 2.07. The summed E-state index contributed by atoms with van der Waals surface area (Å²) in [6, 6.07) is -0.340. The van der Waals surface area contributed by atoms with Gasteiger partial charge in [0.1, 0.15) is 14.0 Å². The Kier molecular flexibility index (Phi) is 3.99. The van der Waals surface area contributed by atoms with Gasteiger partial charge in [0.2, 0.25) is 0 Å². The van der Waals surface area contributed by atoms with Crippen molar-refractivity contribution in [2.75, 3.05) is 13.2 Å². The van der Waals surface area contributed by atoms with Crippen LogP contribution in [0.25, 0.3) is 0 Å². The Morgan fingerprint density at radius 1 is 1.50 bits per heavy atom. The first kappa shape index (κ1) is 12.0. The van der Waals surface area contributed by atoms with Gasteiger partial charge < -0.3 is 14.6 Å². The molecule has 0 bridgehead atoms. The quantitative estimate of drug-likeness (QED) is 0.678. The molecule has 1 N–H and O–H groups in total. The summed E-state index contributed by atoms with van der Waals surface area (Å²) < 4.78 is 10.8. The maximum absolute atomic E-state index is 9.50. The number of aliphatic hydroxyl groups excluding tert-OH is 1. The molecule has 0 spiro atoms. The van der Waals surface area contributed by atoms with Crippen LogP contribution in [0.5, 0.6) is 0 Å². The van der Waals surface area contributed by atoms with Gasteiger partial charge in [-0.2, -0.15) is 0 Å². The normalized spacial score (nSPS) is 33.6. The fourth-order valence-electron chi connectivity index (χ4n) is 1.39. The average Bonchev–Trinajstić information content (AvgIpc) is 2.27. The Hall–Kier alpha value is -0.0551. The predicted octanol–water partition coefficient (Wildman–Crippen LogP) is 0.693. The molecule has 0 aromatic carbocycles. The highest BCUT2D eigenvalue weighted by molar-refractivity contribution is 6.11. The van der Waals surface area contributed by atoms with Crippen LogP contribution in [0, 0.1) is 5.41 Å². The number of hydrogen-bond donors (Lipinski definition) is 1. The van der Waals surface area contributed by atoms with E-state index >= 15 is 0 Å². The van der Waals surface area contributed by atoms with Gasteiger partial charge in [-0.3, -0.25) is 0 Å². The summed E-state index contributed by atoms with van der Waals surface area (Å²) in [4.78, 5) is 0. The minimum Gasteiger partial charge on any atom is -0.390 e. The third-order valence-electron chi connectivity index (χ3n) is 2.07. The molecule has 2 radical (unpaired) electrons. The van der Waals surface area contributed by atoms with Crippen molar-refractivity contribution >= 4 is 7.85 Å². The number of ether oxygens (including phenoxy) is 2. The van der Waals surface area contributed by atoms with Crippen molar-refractivity contribution in [3.05, 3.63) is 0 Å². The first-order valence-corrected chi connectivity index (χ1v) is 5.05. The molecule has 1 rings (SSSR count). The fraction of sp³-hybridized carbons (Fsp3) is 1.00. The molecule has 3 nitrogen and oxygen atoms in total. The Bertz CT molecular complexity index is 179. The minimum absolute atomic E-state index is 0.145. The molecule has 1 aliphatic rings. The smallest absolute Gasteiger partial charge is 0.109 e. The lowest BCUT2D eigenvalue weighted by Crippen LogP contribution is -2.28. The van der Waals surface area contributed by atoms with Crippen LogP contribution in [0.1, 0.15) is 27.2 Å². The Morgan fingerprint density at radius 3 is 2.57 bits per heavy atom. The van der Waals surface area contributed by atoms with Crippen LogP contribution < -0.4 is 0 Å². The minimum atomic E-state index is -0.482. The molecular formula is C10H19BO3. The molecular weight excluding hydrogens is 179 g/mol. The third kappa shape index (κ3) is 3.99. The molecule has 14 heavy (non-hydrogen) atoms. The highest BCUT2D eigenvalue weighted by Crippen LogP contribution is 2.20. The summed E-state index contributed by atoms with van der Waals surface area (Å²) in [6.45, 7) is 7.39. The molecule has 3 atom stereocenters. The lowest BCUT2D eigenvalue weighted by molar-refractivity contribution is -0.0444. The molecule has 4 heteroatoms. The second-order valence-electron chi connectivity index (χ2n) is 5.09. The maximum Gasteiger partial charge on any atom is 0.109 e. The molecule has 1 fully saturated rings. The van der Waals surface area contributed by atoms with E-state index in [0.29, 0.717) is 19.6 Å². The van der Waals surface area contributed by atoms with Crippen LogP contribution in [0.4, 0.5) is 0 Å². The van der Waals surface area contributed by atoms with Crippen LogP contribution in [0.3, 0.4) is 0 Å². The summed E-state index contributed by atoms with van der Waals surface area (Å²) in [7, 11) is 5.54. The van der Waals surface area contributed by atoms with E-state index in [1.54, 1.807) is 0 Å². The van der Waals surface area contributed by atoms with E-state index in [4.69, 9.17) is 17.3 Å². The first-order chi connectivity index (χ1) is 6.38. The van der Waals surface area contributed by atoms with E-state index in [1.165, 1.54) is 0 Å². The highest BCUT2D eigenvalue weighted by atomic mass is 16.6. The molecule has 0 aromatic rings. The van der Waals surface area contributed by atoms with Crippen molar-refractivity contribution < 1.29 is 14.6 Å². The summed E-state index contributed by atoms with van der Waals surface area (Å²) in [5, 5.41) is 9.50. The second-order valence-corrected chi connectivity index (χ2v) is 5.09.